The van der Waals surface area contributed by atoms with Crippen molar-refractivity contribution in [3.8, 4) is 0 Å². The van der Waals surface area contributed by atoms with E-state index in [-0.39, 0.29) is 6.61 Å². The topological polar surface area (TPSA) is 89.2 Å². The molecule has 0 heterocycles. The zero-order valence-electron chi connectivity index (χ0n) is 21.1. The molecule has 0 aliphatic rings. The van der Waals surface area contributed by atoms with Gasteiger partial charge >= 0.3 is 14.9 Å². The van der Waals surface area contributed by atoms with E-state index in [0.717, 1.165) is 12.0 Å². The van der Waals surface area contributed by atoms with Crippen LogP contribution >= 0.6 is 0 Å². The molecule has 11 heteroatoms. The summed E-state index contributed by atoms with van der Waals surface area (Å²) in [6.07, 6.45) is 0.312. The molecule has 0 radical (unpaired) electrons. The van der Waals surface area contributed by atoms with E-state index >= 15 is 0 Å². The van der Waals surface area contributed by atoms with E-state index < -0.39 is 45.1 Å². The standard InChI is InChI=1S/C19H45NO6Si4/c1-13-14-19(23-18(20)21,16-22-15-17(2)3)30(24-27(4,5)6,25-28(7,8)9)26-29(10,11)12/h2,13-16H2,1,3-12H3,(H2,20,21). The van der Waals surface area contributed by atoms with E-state index in [2.05, 4.69) is 65.5 Å². The minimum atomic E-state index is -3.63. The Balaban J connectivity index is 6.87. The highest BCUT2D eigenvalue weighted by atomic mass is 28.5. The molecule has 178 valence electrons. The number of hydrogen-bond donors (Lipinski definition) is 1. The molecular formula is C19H45NO6Si4. The molecule has 7 nitrogen and oxygen atoms in total. The molecule has 0 bridgehead atoms. The number of primary amides is 1. The Hall–Kier alpha value is -0.282. The summed E-state index contributed by atoms with van der Waals surface area (Å²) in [5, 5.41) is -1.22. The van der Waals surface area contributed by atoms with Crippen LogP contribution in [0.1, 0.15) is 26.7 Å². The van der Waals surface area contributed by atoms with Crippen LogP contribution in [0.15, 0.2) is 12.2 Å². The molecule has 30 heavy (non-hydrogen) atoms. The fraction of sp³-hybridized carbons (Fsp3) is 0.842. The Bertz CT molecular complexity index is 542. The van der Waals surface area contributed by atoms with Gasteiger partial charge in [-0.1, -0.05) is 25.5 Å². The van der Waals surface area contributed by atoms with Crippen LogP contribution < -0.4 is 5.73 Å². The summed E-state index contributed by atoms with van der Waals surface area (Å²) in [4.78, 5) is 12.1. The van der Waals surface area contributed by atoms with Crippen molar-refractivity contribution in [2.45, 2.75) is 90.8 Å². The van der Waals surface area contributed by atoms with Crippen molar-refractivity contribution >= 4 is 39.8 Å². The Morgan fingerprint density at radius 2 is 1.30 bits per heavy atom. The molecule has 1 atom stereocenters. The molecule has 0 aliphatic carbocycles. The number of carbonyl (C=O) groups excluding carboxylic acids is 1. The molecule has 0 aromatic carbocycles. The largest absolute Gasteiger partial charge is 0.518 e. The second kappa shape index (κ2) is 11.0. The Morgan fingerprint density at radius 1 is 0.900 bits per heavy atom. The first kappa shape index (κ1) is 29.7. The second-order valence-electron chi connectivity index (χ2n) is 10.8. The highest BCUT2D eigenvalue weighted by molar-refractivity contribution is 6.91. The third-order valence-electron chi connectivity index (χ3n) is 3.51. The minimum absolute atomic E-state index is 0.0856. The van der Waals surface area contributed by atoms with Gasteiger partial charge in [-0.2, -0.15) is 0 Å². The van der Waals surface area contributed by atoms with Gasteiger partial charge in [-0.25, -0.2) is 4.79 Å². The molecule has 0 saturated carbocycles. The maximum absolute atomic E-state index is 12.1. The number of rotatable bonds is 14. The first-order valence-corrected chi connectivity index (χ1v) is 22.5. The van der Waals surface area contributed by atoms with Gasteiger partial charge in [0.1, 0.15) is 0 Å². The number of nitrogens with two attached hydrogens (primary N) is 1. The van der Waals surface area contributed by atoms with Crippen LogP contribution in [0.2, 0.25) is 58.9 Å². The summed E-state index contributed by atoms with van der Waals surface area (Å²) in [5.41, 5.74) is 6.45. The number of ether oxygens (including phenoxy) is 2. The molecule has 0 aromatic rings. The fourth-order valence-electron chi connectivity index (χ4n) is 2.99. The lowest BCUT2D eigenvalue weighted by Gasteiger charge is -2.51. The van der Waals surface area contributed by atoms with Gasteiger partial charge in [0.15, 0.2) is 25.0 Å². The van der Waals surface area contributed by atoms with E-state index in [9.17, 15) is 4.79 Å². The minimum Gasteiger partial charge on any atom is -0.436 e. The number of amides is 1. The van der Waals surface area contributed by atoms with Crippen molar-refractivity contribution in [1.29, 1.82) is 0 Å². The fourth-order valence-corrected chi connectivity index (χ4v) is 17.6. The lowest BCUT2D eigenvalue weighted by molar-refractivity contribution is -0.0428. The first-order valence-electron chi connectivity index (χ1n) is 10.6. The van der Waals surface area contributed by atoms with Crippen LogP contribution in [0, 0.1) is 0 Å². The third-order valence-corrected chi connectivity index (χ3v) is 15.7. The van der Waals surface area contributed by atoms with E-state index in [1.165, 1.54) is 0 Å². The first-order chi connectivity index (χ1) is 13.3. The van der Waals surface area contributed by atoms with Crippen LogP contribution in [0.5, 0.6) is 0 Å². The van der Waals surface area contributed by atoms with E-state index in [0.29, 0.717) is 13.0 Å². The Labute approximate surface area is 188 Å². The van der Waals surface area contributed by atoms with Crippen molar-refractivity contribution in [2.24, 2.45) is 5.73 Å². The second-order valence-corrected chi connectivity index (χ2v) is 28.0. The van der Waals surface area contributed by atoms with E-state index in [1.54, 1.807) is 0 Å². The van der Waals surface area contributed by atoms with Gasteiger partial charge in [-0.05, 0) is 72.3 Å². The Morgan fingerprint density at radius 3 is 1.57 bits per heavy atom. The molecule has 2 N–H and O–H groups in total. The van der Waals surface area contributed by atoms with Gasteiger partial charge in [0.05, 0.1) is 13.2 Å². The maximum Gasteiger partial charge on any atom is 0.518 e. The molecule has 1 amide bonds. The molecule has 0 aliphatic heterocycles. The molecule has 0 aromatic heterocycles. The monoisotopic (exact) mass is 495 g/mol. The van der Waals surface area contributed by atoms with Gasteiger partial charge in [-0.3, -0.25) is 0 Å². The molecule has 0 fully saturated rings. The summed E-state index contributed by atoms with van der Waals surface area (Å²) in [7, 11) is -10.2. The van der Waals surface area contributed by atoms with Crippen LogP contribution in [-0.2, 0) is 21.8 Å². The lowest BCUT2D eigenvalue weighted by Crippen LogP contribution is -2.75. The quantitative estimate of drug-likeness (QED) is 0.262. The normalized spacial score (nSPS) is 15.6. The van der Waals surface area contributed by atoms with E-state index in [4.69, 9.17) is 27.6 Å². The van der Waals surface area contributed by atoms with Crippen molar-refractivity contribution in [2.75, 3.05) is 13.2 Å². The van der Waals surface area contributed by atoms with Crippen molar-refractivity contribution in [3.05, 3.63) is 12.2 Å². The predicted octanol–water partition coefficient (Wildman–Crippen LogP) is 5.25. The summed E-state index contributed by atoms with van der Waals surface area (Å²) >= 11 is 0. The van der Waals surface area contributed by atoms with Gasteiger partial charge in [0.25, 0.3) is 0 Å². The molecular weight excluding hydrogens is 451 g/mol. The van der Waals surface area contributed by atoms with Crippen LogP contribution in [0.25, 0.3) is 0 Å². The summed E-state index contributed by atoms with van der Waals surface area (Å²) in [6, 6.07) is 0. The third kappa shape index (κ3) is 10.8. The van der Waals surface area contributed by atoms with Crippen LogP contribution in [-0.4, -0.2) is 58.3 Å². The zero-order valence-corrected chi connectivity index (χ0v) is 25.1. The SMILES string of the molecule is C=C(C)COCC(CCC)(OC(N)=O)[Si](O[Si](C)(C)C)(O[Si](C)(C)C)O[Si](C)(C)C. The maximum atomic E-state index is 12.1. The average Bonchev–Trinajstić information content (AvgIpc) is 2.39. The highest BCUT2D eigenvalue weighted by Gasteiger charge is 2.67. The molecule has 0 spiro atoms. The summed E-state index contributed by atoms with van der Waals surface area (Å²) < 4.78 is 32.3. The van der Waals surface area contributed by atoms with Gasteiger partial charge in [0.2, 0.25) is 5.22 Å². The predicted molar refractivity (Wildman–Crippen MR) is 133 cm³/mol. The molecule has 0 saturated heterocycles. The zero-order chi connectivity index (χ0) is 24.0. The van der Waals surface area contributed by atoms with Crippen molar-refractivity contribution in [1.82, 2.24) is 0 Å². The number of carbonyl (C=O) groups is 1. The summed E-state index contributed by atoms with van der Waals surface area (Å²) in [6.45, 7) is 27.0. The molecule has 0 rings (SSSR count). The van der Waals surface area contributed by atoms with Crippen LogP contribution in [0.4, 0.5) is 4.79 Å². The average molecular weight is 496 g/mol. The molecule has 1 unspecified atom stereocenters. The van der Waals surface area contributed by atoms with Crippen molar-refractivity contribution < 1.29 is 26.6 Å². The van der Waals surface area contributed by atoms with Crippen molar-refractivity contribution in [3.63, 3.8) is 0 Å². The van der Waals surface area contributed by atoms with E-state index in [1.807, 2.05) is 13.8 Å². The van der Waals surface area contributed by atoms with Gasteiger partial charge in [0, 0.05) is 0 Å². The Kier molecular flexibility index (Phi) is 10.9. The van der Waals surface area contributed by atoms with Gasteiger partial charge in [-0.15, -0.1) is 0 Å². The highest BCUT2D eigenvalue weighted by Crippen LogP contribution is 2.39. The summed E-state index contributed by atoms with van der Waals surface area (Å²) in [5.74, 6) is 0. The van der Waals surface area contributed by atoms with Crippen LogP contribution in [0.3, 0.4) is 0 Å². The van der Waals surface area contributed by atoms with Gasteiger partial charge < -0.3 is 27.6 Å². The lowest BCUT2D eigenvalue weighted by atomic mass is 10.2. The smallest absolute Gasteiger partial charge is 0.436 e. The number of hydrogen-bond acceptors (Lipinski definition) is 6.